The first-order valence-electron chi connectivity index (χ1n) is 4.33. The summed E-state index contributed by atoms with van der Waals surface area (Å²) < 4.78 is 1.01. The first-order valence-corrected chi connectivity index (χ1v) is 5.21. The normalized spacial score (nSPS) is 10.7. The van der Waals surface area contributed by atoms with Crippen molar-refractivity contribution in [2.24, 2.45) is 0 Å². The number of rotatable bonds is 2. The third-order valence-electron chi connectivity index (χ3n) is 2.37. The summed E-state index contributed by atoms with van der Waals surface area (Å²) in [5.74, 6) is 0. The van der Waals surface area contributed by atoms with Gasteiger partial charge in [-0.1, -0.05) is 0 Å². The lowest BCUT2D eigenvalue weighted by molar-refractivity contribution is 0.112. The molecule has 1 N–H and O–H groups in total. The molecule has 72 valence electrons. The Morgan fingerprint density at radius 2 is 2.36 bits per heavy atom. The number of benzene rings is 1. The zero-order valence-electron chi connectivity index (χ0n) is 7.78. The van der Waals surface area contributed by atoms with Crippen LogP contribution in [-0.2, 0) is 6.61 Å². The molecule has 2 rings (SSSR count). The summed E-state index contributed by atoms with van der Waals surface area (Å²) in [6, 6.07) is 3.98. The predicted octanol–water partition coefficient (Wildman–Crippen LogP) is 2.51. The maximum atomic E-state index is 10.9. The SMILES string of the molecule is Cc1cc2ccsc2c(CO)c1C=O. The van der Waals surface area contributed by atoms with Crippen molar-refractivity contribution in [3.05, 3.63) is 34.2 Å². The van der Waals surface area contributed by atoms with Gasteiger partial charge in [0.15, 0.2) is 6.29 Å². The number of hydrogen-bond donors (Lipinski definition) is 1. The first-order chi connectivity index (χ1) is 6.77. The highest BCUT2D eigenvalue weighted by molar-refractivity contribution is 7.17. The van der Waals surface area contributed by atoms with E-state index in [0.29, 0.717) is 5.56 Å². The second kappa shape index (κ2) is 3.52. The molecule has 0 atom stereocenters. The molecule has 14 heavy (non-hydrogen) atoms. The fourth-order valence-electron chi connectivity index (χ4n) is 1.67. The molecule has 0 amide bonds. The number of carbonyl (C=O) groups excluding carboxylic acids is 1. The molecule has 1 heterocycles. The molecule has 0 aliphatic rings. The Morgan fingerprint density at radius 3 is 3.00 bits per heavy atom. The van der Waals surface area contributed by atoms with Crippen LogP contribution < -0.4 is 0 Å². The summed E-state index contributed by atoms with van der Waals surface area (Å²) in [5, 5.41) is 12.3. The highest BCUT2D eigenvalue weighted by Crippen LogP contribution is 2.29. The summed E-state index contributed by atoms with van der Waals surface area (Å²) in [5.41, 5.74) is 2.31. The van der Waals surface area contributed by atoms with E-state index in [-0.39, 0.29) is 6.61 Å². The van der Waals surface area contributed by atoms with E-state index in [1.165, 1.54) is 0 Å². The largest absolute Gasteiger partial charge is 0.392 e. The van der Waals surface area contributed by atoms with Gasteiger partial charge in [0, 0.05) is 15.8 Å². The number of thiophene rings is 1. The Hall–Kier alpha value is -1.19. The minimum absolute atomic E-state index is 0.0766. The van der Waals surface area contributed by atoms with E-state index < -0.39 is 0 Å². The number of aryl methyl sites for hydroxylation is 1. The van der Waals surface area contributed by atoms with Crippen molar-refractivity contribution in [1.29, 1.82) is 0 Å². The third-order valence-corrected chi connectivity index (χ3v) is 3.36. The van der Waals surface area contributed by atoms with Crippen LogP contribution in [0.4, 0.5) is 0 Å². The molecule has 0 aliphatic carbocycles. The maximum Gasteiger partial charge on any atom is 0.150 e. The van der Waals surface area contributed by atoms with E-state index in [0.717, 1.165) is 27.5 Å². The zero-order chi connectivity index (χ0) is 10.1. The zero-order valence-corrected chi connectivity index (χ0v) is 8.60. The van der Waals surface area contributed by atoms with Crippen LogP contribution in [0.5, 0.6) is 0 Å². The van der Waals surface area contributed by atoms with Crippen LogP contribution in [0.3, 0.4) is 0 Å². The average Bonchev–Trinajstić information content (AvgIpc) is 2.62. The molecule has 1 aromatic carbocycles. The molecular formula is C11H10O2S. The van der Waals surface area contributed by atoms with Gasteiger partial charge in [-0.3, -0.25) is 4.79 Å². The van der Waals surface area contributed by atoms with Gasteiger partial charge in [-0.25, -0.2) is 0 Å². The summed E-state index contributed by atoms with van der Waals surface area (Å²) >= 11 is 1.56. The monoisotopic (exact) mass is 206 g/mol. The Morgan fingerprint density at radius 1 is 1.57 bits per heavy atom. The van der Waals surface area contributed by atoms with Gasteiger partial charge >= 0.3 is 0 Å². The molecule has 0 bridgehead atoms. The lowest BCUT2D eigenvalue weighted by Crippen LogP contribution is -1.96. The minimum Gasteiger partial charge on any atom is -0.392 e. The van der Waals surface area contributed by atoms with E-state index in [9.17, 15) is 9.90 Å². The Labute approximate surface area is 85.8 Å². The van der Waals surface area contributed by atoms with Crippen LogP contribution in [0.2, 0.25) is 0 Å². The molecule has 0 saturated heterocycles. The summed E-state index contributed by atoms with van der Waals surface area (Å²) in [7, 11) is 0. The Balaban J connectivity index is 2.88. The summed E-state index contributed by atoms with van der Waals surface area (Å²) in [6.45, 7) is 1.81. The number of aliphatic hydroxyl groups excluding tert-OH is 1. The smallest absolute Gasteiger partial charge is 0.150 e. The number of fused-ring (bicyclic) bond motifs is 1. The number of carbonyl (C=O) groups is 1. The van der Waals surface area contributed by atoms with Crippen molar-refractivity contribution in [2.75, 3.05) is 0 Å². The topological polar surface area (TPSA) is 37.3 Å². The molecule has 2 aromatic rings. The van der Waals surface area contributed by atoms with Gasteiger partial charge in [0.2, 0.25) is 0 Å². The molecule has 0 unspecified atom stereocenters. The van der Waals surface area contributed by atoms with Gasteiger partial charge in [0.25, 0.3) is 0 Å². The van der Waals surface area contributed by atoms with Crippen LogP contribution in [0.15, 0.2) is 17.5 Å². The van der Waals surface area contributed by atoms with E-state index in [1.54, 1.807) is 11.3 Å². The van der Waals surface area contributed by atoms with Crippen molar-refractivity contribution in [2.45, 2.75) is 13.5 Å². The van der Waals surface area contributed by atoms with Gasteiger partial charge in [-0.2, -0.15) is 0 Å². The van der Waals surface area contributed by atoms with Gasteiger partial charge in [-0.05, 0) is 35.4 Å². The van der Waals surface area contributed by atoms with E-state index in [4.69, 9.17) is 0 Å². The first kappa shape index (κ1) is 9.37. The Kier molecular flexibility index (Phi) is 2.35. The number of aldehydes is 1. The van der Waals surface area contributed by atoms with Crippen LogP contribution in [0.1, 0.15) is 21.5 Å². The second-order valence-corrected chi connectivity index (χ2v) is 4.12. The number of aliphatic hydroxyl groups is 1. The molecule has 1 aromatic heterocycles. The van der Waals surface area contributed by atoms with E-state index in [2.05, 4.69) is 0 Å². The fourth-order valence-corrected chi connectivity index (χ4v) is 2.60. The quantitative estimate of drug-likeness (QED) is 0.766. The van der Waals surface area contributed by atoms with E-state index in [1.807, 2.05) is 24.4 Å². The van der Waals surface area contributed by atoms with Crippen LogP contribution in [0, 0.1) is 6.92 Å². The lowest BCUT2D eigenvalue weighted by Gasteiger charge is -2.06. The van der Waals surface area contributed by atoms with Gasteiger partial charge in [0.1, 0.15) is 0 Å². The second-order valence-electron chi connectivity index (χ2n) is 3.20. The van der Waals surface area contributed by atoms with Crippen LogP contribution in [-0.4, -0.2) is 11.4 Å². The van der Waals surface area contributed by atoms with Crippen molar-refractivity contribution in [3.63, 3.8) is 0 Å². The molecule has 0 fully saturated rings. The summed E-state index contributed by atoms with van der Waals surface area (Å²) in [4.78, 5) is 10.9. The molecule has 0 radical (unpaired) electrons. The average molecular weight is 206 g/mol. The maximum absolute atomic E-state index is 10.9. The van der Waals surface area contributed by atoms with Gasteiger partial charge in [-0.15, -0.1) is 11.3 Å². The number of hydrogen-bond acceptors (Lipinski definition) is 3. The van der Waals surface area contributed by atoms with Crippen molar-refractivity contribution in [1.82, 2.24) is 0 Å². The predicted molar refractivity (Wildman–Crippen MR) is 57.9 cm³/mol. The summed E-state index contributed by atoms with van der Waals surface area (Å²) in [6.07, 6.45) is 0.819. The standard InChI is InChI=1S/C11H10O2S/c1-7-4-8-2-3-14-11(8)10(6-13)9(7)5-12/h2-5,13H,6H2,1H3. The van der Waals surface area contributed by atoms with Gasteiger partial charge < -0.3 is 5.11 Å². The van der Waals surface area contributed by atoms with E-state index >= 15 is 0 Å². The van der Waals surface area contributed by atoms with Crippen LogP contribution in [0.25, 0.3) is 10.1 Å². The molecule has 0 aliphatic heterocycles. The van der Waals surface area contributed by atoms with Crippen molar-refractivity contribution >= 4 is 27.7 Å². The third kappa shape index (κ3) is 1.25. The van der Waals surface area contributed by atoms with Crippen molar-refractivity contribution in [3.8, 4) is 0 Å². The molecular weight excluding hydrogens is 196 g/mol. The highest BCUT2D eigenvalue weighted by Gasteiger charge is 2.10. The molecule has 3 heteroatoms. The molecule has 0 saturated carbocycles. The lowest BCUT2D eigenvalue weighted by atomic mass is 10.0. The van der Waals surface area contributed by atoms with Crippen LogP contribution >= 0.6 is 11.3 Å². The van der Waals surface area contributed by atoms with Crippen molar-refractivity contribution < 1.29 is 9.90 Å². The molecule has 2 nitrogen and oxygen atoms in total. The Bertz CT molecular complexity index is 485. The molecule has 0 spiro atoms. The van der Waals surface area contributed by atoms with Gasteiger partial charge in [0.05, 0.1) is 6.61 Å². The fraction of sp³-hybridized carbons (Fsp3) is 0.182. The minimum atomic E-state index is -0.0766. The highest BCUT2D eigenvalue weighted by atomic mass is 32.1.